The van der Waals surface area contributed by atoms with Gasteiger partial charge in [0.2, 0.25) is 0 Å². The van der Waals surface area contributed by atoms with Crippen LogP contribution in [0.25, 0.3) is 5.70 Å². The molecule has 0 aliphatic rings. The second kappa shape index (κ2) is 7.48. The third-order valence-electron chi connectivity index (χ3n) is 2.83. The fourth-order valence-corrected chi connectivity index (χ4v) is 1.75. The number of aromatic nitrogens is 2. The molecule has 0 spiro atoms. The zero-order valence-electron chi connectivity index (χ0n) is 12.4. The number of allylic oxidation sites excluding steroid dienone is 6. The van der Waals surface area contributed by atoms with E-state index in [-0.39, 0.29) is 12.2 Å². The zero-order valence-corrected chi connectivity index (χ0v) is 12.4. The van der Waals surface area contributed by atoms with Crippen LogP contribution in [0, 0.1) is 0 Å². The highest BCUT2D eigenvalue weighted by Crippen LogP contribution is 2.32. The number of alkyl halides is 3. The monoisotopic (exact) mass is 327 g/mol. The number of hydrogen-bond acceptors (Lipinski definition) is 3. The van der Waals surface area contributed by atoms with Crippen LogP contribution in [0.2, 0.25) is 0 Å². The molecule has 0 radical (unpaired) electrons. The summed E-state index contributed by atoms with van der Waals surface area (Å²) in [6.07, 6.45) is 0.521. The van der Waals surface area contributed by atoms with Gasteiger partial charge in [0.25, 0.3) is 0 Å². The first-order valence-corrected chi connectivity index (χ1v) is 6.47. The van der Waals surface area contributed by atoms with E-state index in [9.17, 15) is 18.0 Å². The molecule has 0 bridgehead atoms. The molecule has 0 aliphatic heterocycles. The summed E-state index contributed by atoms with van der Waals surface area (Å²) >= 11 is 0. The van der Waals surface area contributed by atoms with Crippen molar-refractivity contribution < 1.29 is 23.1 Å². The van der Waals surface area contributed by atoms with Crippen molar-refractivity contribution in [1.82, 2.24) is 9.78 Å². The van der Waals surface area contributed by atoms with Crippen LogP contribution in [0.3, 0.4) is 0 Å². The highest BCUT2D eigenvalue weighted by molar-refractivity contribution is 5.86. The maximum Gasteiger partial charge on any atom is 0.433 e. The van der Waals surface area contributed by atoms with Crippen LogP contribution in [0.1, 0.15) is 16.9 Å². The maximum atomic E-state index is 13.3. The topological polar surface area (TPSA) is 67.2 Å². The Balaban J connectivity index is 3.38. The fraction of sp³-hybridized carbons (Fsp3) is 0.200. The molecule has 124 valence electrons. The molecule has 0 atom stereocenters. The molecule has 2 N–H and O–H groups in total. The van der Waals surface area contributed by atoms with Gasteiger partial charge in [-0.15, -0.1) is 0 Å². The molecule has 1 aromatic heterocycles. The lowest BCUT2D eigenvalue weighted by Gasteiger charge is -2.14. The average Bonchev–Trinajstić information content (AvgIpc) is 2.89. The fourth-order valence-electron chi connectivity index (χ4n) is 1.75. The van der Waals surface area contributed by atoms with E-state index in [4.69, 9.17) is 5.11 Å². The highest BCUT2D eigenvalue weighted by atomic mass is 19.4. The summed E-state index contributed by atoms with van der Waals surface area (Å²) in [5.74, 6) is -1.50. The molecule has 1 rings (SSSR count). The van der Waals surface area contributed by atoms with Crippen molar-refractivity contribution >= 4 is 17.5 Å². The number of anilines is 1. The molecule has 0 saturated heterocycles. The van der Waals surface area contributed by atoms with Gasteiger partial charge in [0.15, 0.2) is 5.69 Å². The van der Waals surface area contributed by atoms with Crippen molar-refractivity contribution in [2.75, 3.05) is 12.4 Å². The molecule has 1 aromatic rings. The third-order valence-corrected chi connectivity index (χ3v) is 2.83. The second-order valence-corrected chi connectivity index (χ2v) is 4.35. The van der Waals surface area contributed by atoms with Gasteiger partial charge < -0.3 is 10.4 Å². The lowest BCUT2D eigenvalue weighted by molar-refractivity contribution is -0.0744. The van der Waals surface area contributed by atoms with E-state index in [0.29, 0.717) is 10.3 Å². The highest BCUT2D eigenvalue weighted by Gasteiger charge is 2.37. The van der Waals surface area contributed by atoms with Gasteiger partial charge in [0.05, 0.1) is 0 Å². The van der Waals surface area contributed by atoms with Gasteiger partial charge in [-0.1, -0.05) is 31.4 Å². The SMILES string of the molecule is C=C/C=C(\C=C)C/C=C(\n1nc(C(=O)O)cc1NC)C(F)(F)F. The zero-order chi connectivity index (χ0) is 17.6. The number of nitrogens with zero attached hydrogens (tertiary/aromatic N) is 2. The average molecular weight is 327 g/mol. The summed E-state index contributed by atoms with van der Waals surface area (Å²) in [6, 6.07) is 1.02. The van der Waals surface area contributed by atoms with Crippen LogP contribution < -0.4 is 5.32 Å². The van der Waals surface area contributed by atoms with Crippen LogP contribution in [0.15, 0.2) is 49.1 Å². The number of aromatic carboxylic acids is 1. The Bertz CT molecular complexity index is 670. The Kier molecular flexibility index (Phi) is 5.94. The predicted octanol–water partition coefficient (Wildman–Crippen LogP) is 3.71. The molecule has 23 heavy (non-hydrogen) atoms. The van der Waals surface area contributed by atoms with Crippen LogP contribution >= 0.6 is 0 Å². The number of carboxylic acid groups (broad SMARTS) is 1. The summed E-state index contributed by atoms with van der Waals surface area (Å²) in [6.45, 7) is 6.99. The smallest absolute Gasteiger partial charge is 0.433 e. The standard InChI is InChI=1S/C15H16F3N3O2/c1-4-6-10(5-2)7-8-12(15(16,17)18)21-13(19-3)9-11(20-21)14(22)23/h4-6,8-9,19H,1-2,7H2,3H3,(H,22,23)/b10-6+,12-8-. The summed E-state index contributed by atoms with van der Waals surface area (Å²) < 4.78 is 40.4. The first kappa shape index (κ1) is 18.3. The van der Waals surface area contributed by atoms with E-state index >= 15 is 0 Å². The minimum absolute atomic E-state index is 0.0597. The van der Waals surface area contributed by atoms with E-state index in [1.165, 1.54) is 25.3 Å². The van der Waals surface area contributed by atoms with E-state index in [1.807, 2.05) is 0 Å². The molecule has 0 saturated carbocycles. The Morgan fingerprint density at radius 2 is 2.13 bits per heavy atom. The summed E-state index contributed by atoms with van der Waals surface area (Å²) in [4.78, 5) is 10.9. The molecule has 5 nitrogen and oxygen atoms in total. The molecule has 0 unspecified atom stereocenters. The van der Waals surface area contributed by atoms with Gasteiger partial charge in [-0.2, -0.15) is 18.3 Å². The number of hydrogen-bond donors (Lipinski definition) is 2. The Morgan fingerprint density at radius 3 is 2.57 bits per heavy atom. The van der Waals surface area contributed by atoms with Crippen LogP contribution in [-0.2, 0) is 0 Å². The predicted molar refractivity (Wildman–Crippen MR) is 82.2 cm³/mol. The van der Waals surface area contributed by atoms with Crippen LogP contribution in [0.5, 0.6) is 0 Å². The quantitative estimate of drug-likeness (QED) is 0.749. The van der Waals surface area contributed by atoms with Gasteiger partial charge >= 0.3 is 12.1 Å². The number of rotatable bonds is 7. The lowest BCUT2D eigenvalue weighted by atomic mass is 10.1. The molecule has 0 aromatic carbocycles. The van der Waals surface area contributed by atoms with Crippen molar-refractivity contribution in [2.45, 2.75) is 12.6 Å². The minimum atomic E-state index is -4.71. The van der Waals surface area contributed by atoms with Crippen LogP contribution in [0.4, 0.5) is 19.0 Å². The van der Waals surface area contributed by atoms with Gasteiger partial charge in [0, 0.05) is 13.1 Å². The van der Waals surface area contributed by atoms with E-state index in [0.717, 1.165) is 12.1 Å². The normalized spacial score (nSPS) is 12.9. The van der Waals surface area contributed by atoms with Crippen molar-refractivity contribution in [1.29, 1.82) is 0 Å². The van der Waals surface area contributed by atoms with Gasteiger partial charge in [-0.3, -0.25) is 0 Å². The van der Waals surface area contributed by atoms with E-state index in [1.54, 1.807) is 0 Å². The second-order valence-electron chi connectivity index (χ2n) is 4.35. The Morgan fingerprint density at radius 1 is 1.48 bits per heavy atom. The van der Waals surface area contributed by atoms with Crippen molar-refractivity contribution in [3.8, 4) is 0 Å². The molecule has 0 amide bonds. The Labute approximate surface area is 131 Å². The summed E-state index contributed by atoms with van der Waals surface area (Å²) in [7, 11) is 1.37. The molecule has 8 heteroatoms. The Hall–Kier alpha value is -2.77. The van der Waals surface area contributed by atoms with E-state index < -0.39 is 23.5 Å². The molecular formula is C15H16F3N3O2. The first-order valence-electron chi connectivity index (χ1n) is 6.47. The minimum Gasteiger partial charge on any atom is -0.476 e. The number of carboxylic acids is 1. The maximum absolute atomic E-state index is 13.3. The van der Waals surface area contributed by atoms with E-state index in [2.05, 4.69) is 23.6 Å². The van der Waals surface area contributed by atoms with Crippen LogP contribution in [-0.4, -0.2) is 34.1 Å². The van der Waals surface area contributed by atoms with Crippen molar-refractivity contribution in [2.24, 2.45) is 0 Å². The summed E-state index contributed by atoms with van der Waals surface area (Å²) in [5, 5.41) is 14.9. The molecule has 1 heterocycles. The number of nitrogens with one attached hydrogen (secondary N) is 1. The van der Waals surface area contributed by atoms with Gasteiger partial charge in [0.1, 0.15) is 11.5 Å². The molecule has 0 aliphatic carbocycles. The van der Waals surface area contributed by atoms with Gasteiger partial charge in [-0.05, 0) is 18.1 Å². The largest absolute Gasteiger partial charge is 0.476 e. The number of carbonyl (C=O) groups is 1. The van der Waals surface area contributed by atoms with Gasteiger partial charge in [-0.25, -0.2) is 9.48 Å². The van der Waals surface area contributed by atoms with Crippen molar-refractivity contribution in [3.05, 3.63) is 54.8 Å². The molecular weight excluding hydrogens is 311 g/mol. The first-order chi connectivity index (χ1) is 10.7. The third kappa shape index (κ3) is 4.60. The summed E-state index contributed by atoms with van der Waals surface area (Å²) in [5.41, 5.74) is -1.06. The number of halogens is 3. The lowest BCUT2D eigenvalue weighted by Crippen LogP contribution is -2.19. The molecule has 0 fully saturated rings. The van der Waals surface area contributed by atoms with Crippen molar-refractivity contribution in [3.63, 3.8) is 0 Å².